The minimum Gasteiger partial charge on any atom is -0.454 e. The molecule has 0 saturated heterocycles. The highest BCUT2D eigenvalue weighted by molar-refractivity contribution is 6.17. The average Bonchev–Trinajstić information content (AvgIpc) is 3.71. The number of hydrogen-bond acceptors (Lipinski definition) is 4. The first kappa shape index (κ1) is 25.4. The van der Waals surface area contributed by atoms with Crippen LogP contribution < -0.4 is 4.90 Å². The quantitative estimate of drug-likeness (QED) is 0.204. The van der Waals surface area contributed by atoms with Gasteiger partial charge in [0, 0.05) is 27.7 Å². The summed E-state index contributed by atoms with van der Waals surface area (Å²) in [6.45, 7) is 0. The standard InChI is InChI=1S/C41H26N2O2/c1-3-12-29(13-4-1)41-42-36-26-35-34-17-9-10-18-37(34)44-39(35)38(40(36)45-41)43(32-15-5-2-6-16-32)33-23-21-28(22-24-33)31-20-19-27-11-7-8-14-30(27)25-31/h1-26H. The third kappa shape index (κ3) is 4.27. The molecule has 4 heteroatoms. The van der Waals surface area contributed by atoms with Gasteiger partial charge < -0.3 is 13.7 Å². The Bertz CT molecular complexity index is 2480. The van der Waals surface area contributed by atoms with Gasteiger partial charge in [0.1, 0.15) is 16.8 Å². The number of para-hydroxylation sites is 2. The van der Waals surface area contributed by atoms with Gasteiger partial charge >= 0.3 is 0 Å². The van der Waals surface area contributed by atoms with Crippen molar-refractivity contribution in [3.8, 4) is 22.6 Å². The van der Waals surface area contributed by atoms with Crippen molar-refractivity contribution in [3.63, 3.8) is 0 Å². The number of oxazole rings is 1. The SMILES string of the molecule is c1ccc(-c2nc3cc4c(oc5ccccc54)c(N(c4ccccc4)c4ccc(-c5ccc6ccccc6c5)cc4)c3o2)cc1. The summed E-state index contributed by atoms with van der Waals surface area (Å²) in [6, 6.07) is 54.4. The van der Waals surface area contributed by atoms with Gasteiger partial charge in [-0.1, -0.05) is 103 Å². The number of benzene rings is 7. The molecule has 0 aliphatic rings. The summed E-state index contributed by atoms with van der Waals surface area (Å²) in [5.41, 5.74) is 9.06. The van der Waals surface area contributed by atoms with Crippen molar-refractivity contribution in [1.29, 1.82) is 0 Å². The molecule has 4 nitrogen and oxygen atoms in total. The maximum Gasteiger partial charge on any atom is 0.227 e. The van der Waals surface area contributed by atoms with Crippen molar-refractivity contribution < 1.29 is 8.83 Å². The fourth-order valence-electron chi connectivity index (χ4n) is 6.29. The van der Waals surface area contributed by atoms with E-state index in [0.29, 0.717) is 11.5 Å². The molecule has 0 spiro atoms. The number of rotatable bonds is 5. The van der Waals surface area contributed by atoms with Gasteiger partial charge in [-0.25, -0.2) is 4.98 Å². The first-order chi connectivity index (χ1) is 22.3. The molecule has 7 aromatic carbocycles. The normalized spacial score (nSPS) is 11.6. The van der Waals surface area contributed by atoms with E-state index in [9.17, 15) is 0 Å². The van der Waals surface area contributed by atoms with Gasteiger partial charge in [-0.2, -0.15) is 0 Å². The molecule has 0 saturated carbocycles. The fraction of sp³-hybridized carbons (Fsp3) is 0. The van der Waals surface area contributed by atoms with Crippen LogP contribution in [0.4, 0.5) is 17.1 Å². The summed E-state index contributed by atoms with van der Waals surface area (Å²) in [7, 11) is 0. The van der Waals surface area contributed by atoms with Crippen LogP contribution >= 0.6 is 0 Å². The van der Waals surface area contributed by atoms with E-state index >= 15 is 0 Å². The van der Waals surface area contributed by atoms with Gasteiger partial charge in [-0.3, -0.25) is 0 Å². The number of anilines is 3. The first-order valence-corrected chi connectivity index (χ1v) is 15.0. The Kier molecular flexibility index (Phi) is 5.78. The second-order valence-electron chi connectivity index (χ2n) is 11.2. The Hall–Kier alpha value is -6.13. The molecule has 0 unspecified atom stereocenters. The van der Waals surface area contributed by atoms with Crippen LogP contribution in [-0.2, 0) is 0 Å². The predicted octanol–water partition coefficient (Wildman–Crippen LogP) is 11.7. The van der Waals surface area contributed by atoms with Crippen molar-refractivity contribution >= 4 is 60.9 Å². The Balaban J connectivity index is 1.28. The summed E-state index contributed by atoms with van der Waals surface area (Å²) in [5, 5.41) is 4.50. The lowest BCUT2D eigenvalue weighted by Crippen LogP contribution is -2.10. The summed E-state index contributed by atoms with van der Waals surface area (Å²) in [5.74, 6) is 0.573. The minimum absolute atomic E-state index is 0.573. The number of fused-ring (bicyclic) bond motifs is 5. The molecule has 0 radical (unpaired) electrons. The van der Waals surface area contributed by atoms with Crippen LogP contribution in [0.3, 0.4) is 0 Å². The van der Waals surface area contributed by atoms with Crippen LogP contribution in [0.25, 0.3) is 66.4 Å². The first-order valence-electron chi connectivity index (χ1n) is 15.0. The highest BCUT2D eigenvalue weighted by atomic mass is 16.4. The molecule has 0 bridgehead atoms. The Morgan fingerprint density at radius 1 is 0.444 bits per heavy atom. The van der Waals surface area contributed by atoms with Crippen molar-refractivity contribution in [1.82, 2.24) is 4.98 Å². The number of hydrogen-bond donors (Lipinski definition) is 0. The van der Waals surface area contributed by atoms with Crippen molar-refractivity contribution in [2.75, 3.05) is 4.90 Å². The molecule has 9 rings (SSSR count). The molecule has 2 heterocycles. The van der Waals surface area contributed by atoms with Crippen LogP contribution in [0.1, 0.15) is 0 Å². The fourth-order valence-corrected chi connectivity index (χ4v) is 6.29. The van der Waals surface area contributed by atoms with E-state index in [1.54, 1.807) is 0 Å². The van der Waals surface area contributed by atoms with Gasteiger partial charge in [0.15, 0.2) is 11.2 Å². The van der Waals surface area contributed by atoms with Crippen LogP contribution in [0, 0.1) is 0 Å². The minimum atomic E-state index is 0.573. The highest BCUT2D eigenvalue weighted by Gasteiger charge is 2.26. The molecule has 45 heavy (non-hydrogen) atoms. The summed E-state index contributed by atoms with van der Waals surface area (Å²) in [6.07, 6.45) is 0. The lowest BCUT2D eigenvalue weighted by atomic mass is 10.0. The van der Waals surface area contributed by atoms with Crippen LogP contribution in [0.5, 0.6) is 0 Å². The molecule has 0 aliphatic heterocycles. The van der Waals surface area contributed by atoms with Gasteiger partial charge in [0.05, 0.1) is 0 Å². The maximum atomic E-state index is 6.64. The molecular formula is C41H26N2O2. The smallest absolute Gasteiger partial charge is 0.227 e. The Labute approximate surface area is 259 Å². The number of aromatic nitrogens is 1. The van der Waals surface area contributed by atoms with Crippen LogP contribution in [-0.4, -0.2) is 4.98 Å². The van der Waals surface area contributed by atoms with Gasteiger partial charge in [-0.15, -0.1) is 0 Å². The van der Waals surface area contributed by atoms with E-state index in [-0.39, 0.29) is 0 Å². The monoisotopic (exact) mass is 578 g/mol. The molecule has 9 aromatic rings. The maximum absolute atomic E-state index is 6.64. The molecule has 0 N–H and O–H groups in total. The molecular weight excluding hydrogens is 552 g/mol. The summed E-state index contributed by atoms with van der Waals surface area (Å²) in [4.78, 5) is 7.21. The van der Waals surface area contributed by atoms with Crippen LogP contribution in [0.2, 0.25) is 0 Å². The van der Waals surface area contributed by atoms with E-state index in [4.69, 9.17) is 13.8 Å². The average molecular weight is 579 g/mol. The zero-order valence-corrected chi connectivity index (χ0v) is 24.2. The van der Waals surface area contributed by atoms with E-state index in [1.165, 1.54) is 16.3 Å². The lowest BCUT2D eigenvalue weighted by Gasteiger charge is -2.25. The molecule has 0 amide bonds. The third-order valence-corrected chi connectivity index (χ3v) is 8.47. The molecule has 212 valence electrons. The number of nitrogens with zero attached hydrogens (tertiary/aromatic N) is 2. The third-order valence-electron chi connectivity index (χ3n) is 8.47. The van der Waals surface area contributed by atoms with Crippen molar-refractivity contribution in [2.24, 2.45) is 0 Å². The predicted molar refractivity (Wildman–Crippen MR) is 184 cm³/mol. The Morgan fingerprint density at radius 2 is 1.11 bits per heavy atom. The summed E-state index contributed by atoms with van der Waals surface area (Å²) < 4.78 is 13.3. The van der Waals surface area contributed by atoms with Crippen molar-refractivity contribution in [2.45, 2.75) is 0 Å². The zero-order chi connectivity index (χ0) is 29.7. The highest BCUT2D eigenvalue weighted by Crippen LogP contribution is 2.47. The van der Waals surface area contributed by atoms with Gasteiger partial charge in [0.25, 0.3) is 0 Å². The second kappa shape index (κ2) is 10.2. The van der Waals surface area contributed by atoms with Gasteiger partial charge in [-0.05, 0) is 76.5 Å². The Morgan fingerprint density at radius 3 is 1.93 bits per heavy atom. The topological polar surface area (TPSA) is 42.4 Å². The van der Waals surface area contributed by atoms with E-state index in [0.717, 1.165) is 55.6 Å². The second-order valence-corrected chi connectivity index (χ2v) is 11.2. The lowest BCUT2D eigenvalue weighted by molar-refractivity contribution is 0.618. The molecule has 2 aromatic heterocycles. The van der Waals surface area contributed by atoms with Crippen LogP contribution in [0.15, 0.2) is 167 Å². The summed E-state index contributed by atoms with van der Waals surface area (Å²) >= 11 is 0. The van der Waals surface area contributed by atoms with E-state index < -0.39 is 0 Å². The van der Waals surface area contributed by atoms with Gasteiger partial charge in [0.2, 0.25) is 5.89 Å². The van der Waals surface area contributed by atoms with E-state index in [2.05, 4.69) is 108 Å². The molecule has 0 atom stereocenters. The molecule has 0 fully saturated rings. The molecule has 0 aliphatic carbocycles. The van der Waals surface area contributed by atoms with Crippen molar-refractivity contribution in [3.05, 3.63) is 158 Å². The largest absolute Gasteiger partial charge is 0.454 e. The van der Waals surface area contributed by atoms with E-state index in [1.807, 2.05) is 54.6 Å². The zero-order valence-electron chi connectivity index (χ0n) is 24.2. The number of furan rings is 1.